The van der Waals surface area contributed by atoms with Crippen molar-refractivity contribution < 1.29 is 14.3 Å². The first-order valence-electron chi connectivity index (χ1n) is 6.60. The Balaban J connectivity index is 3.11. The first-order valence-corrected chi connectivity index (χ1v) is 6.60. The van der Waals surface area contributed by atoms with E-state index in [1.54, 1.807) is 13.8 Å². The van der Waals surface area contributed by atoms with Crippen molar-refractivity contribution in [3.05, 3.63) is 0 Å². The van der Waals surface area contributed by atoms with E-state index in [0.29, 0.717) is 0 Å². The van der Waals surface area contributed by atoms with E-state index in [-0.39, 0.29) is 17.5 Å². The molecule has 0 spiro atoms. The Hall–Kier alpha value is -1.26. The highest BCUT2D eigenvalue weighted by molar-refractivity contribution is 5.92. The molecule has 0 aromatic rings. The Kier molecular flexibility index (Phi) is 3.65. The molecule has 0 aliphatic carbocycles. The molecule has 0 aromatic heterocycles. The van der Waals surface area contributed by atoms with E-state index in [9.17, 15) is 9.59 Å². The van der Waals surface area contributed by atoms with Gasteiger partial charge in [0.2, 0.25) is 5.91 Å². The van der Waals surface area contributed by atoms with E-state index in [0.717, 1.165) is 0 Å². The lowest BCUT2D eigenvalue weighted by Crippen LogP contribution is -2.55. The van der Waals surface area contributed by atoms with Gasteiger partial charge in [-0.15, -0.1) is 0 Å². The van der Waals surface area contributed by atoms with Crippen LogP contribution >= 0.6 is 0 Å². The summed E-state index contributed by atoms with van der Waals surface area (Å²) in [5, 5.41) is 2.89. The maximum Gasteiger partial charge on any atom is 0.412 e. The van der Waals surface area contributed by atoms with Crippen LogP contribution in [0.2, 0.25) is 0 Å². The van der Waals surface area contributed by atoms with Gasteiger partial charge in [-0.2, -0.15) is 0 Å². The van der Waals surface area contributed by atoms with E-state index < -0.39 is 17.2 Å². The summed E-state index contributed by atoms with van der Waals surface area (Å²) >= 11 is 0. The Labute approximate surface area is 115 Å². The lowest BCUT2D eigenvalue weighted by molar-refractivity contribution is -0.125. The highest BCUT2D eigenvalue weighted by atomic mass is 16.6. The number of hydrogen-bond acceptors (Lipinski definition) is 3. The molecular formula is C14H26N2O3. The van der Waals surface area contributed by atoms with E-state index in [2.05, 4.69) is 5.32 Å². The van der Waals surface area contributed by atoms with Gasteiger partial charge in [-0.25, -0.2) is 4.79 Å². The van der Waals surface area contributed by atoms with Crippen LogP contribution in [-0.2, 0) is 9.53 Å². The summed E-state index contributed by atoms with van der Waals surface area (Å²) < 4.78 is 5.43. The number of nitrogens with zero attached hydrogens (tertiary/aromatic N) is 1. The minimum Gasteiger partial charge on any atom is -0.444 e. The molecule has 0 bridgehead atoms. The van der Waals surface area contributed by atoms with Crippen LogP contribution in [0.1, 0.15) is 55.4 Å². The summed E-state index contributed by atoms with van der Waals surface area (Å²) in [4.78, 5) is 26.0. The molecule has 1 rings (SSSR count). The molecule has 1 heterocycles. The van der Waals surface area contributed by atoms with Crippen LogP contribution in [0.5, 0.6) is 0 Å². The average molecular weight is 270 g/mol. The summed E-state index contributed by atoms with van der Waals surface area (Å²) in [6.45, 7) is 14.9. The van der Waals surface area contributed by atoms with Gasteiger partial charge in [0, 0.05) is 5.41 Å². The smallest absolute Gasteiger partial charge is 0.412 e. The van der Waals surface area contributed by atoms with Gasteiger partial charge in [-0.3, -0.25) is 9.69 Å². The highest BCUT2D eigenvalue weighted by Gasteiger charge is 2.53. The van der Waals surface area contributed by atoms with Gasteiger partial charge in [0.1, 0.15) is 17.3 Å². The van der Waals surface area contributed by atoms with Gasteiger partial charge in [0.15, 0.2) is 0 Å². The fourth-order valence-corrected chi connectivity index (χ4v) is 2.05. The third kappa shape index (κ3) is 3.19. The number of ether oxygens (including phenoxy) is 1. The summed E-state index contributed by atoms with van der Waals surface area (Å²) in [5.41, 5.74) is -1.75. The molecule has 0 aromatic carbocycles. The second-order valence-electron chi connectivity index (χ2n) is 7.65. The predicted octanol–water partition coefficient (Wildman–Crippen LogP) is 2.50. The lowest BCUT2D eigenvalue weighted by atomic mass is 9.91. The van der Waals surface area contributed by atoms with Gasteiger partial charge >= 0.3 is 6.09 Å². The molecule has 19 heavy (non-hydrogen) atoms. The van der Waals surface area contributed by atoms with E-state index in [4.69, 9.17) is 4.74 Å². The van der Waals surface area contributed by atoms with Gasteiger partial charge in [0.25, 0.3) is 0 Å². The second kappa shape index (κ2) is 4.39. The minimum absolute atomic E-state index is 0.154. The molecule has 1 aliphatic heterocycles. The van der Waals surface area contributed by atoms with Crippen molar-refractivity contribution in [2.75, 3.05) is 0 Å². The molecule has 5 heteroatoms. The van der Waals surface area contributed by atoms with Crippen molar-refractivity contribution in [2.24, 2.45) is 5.41 Å². The molecule has 0 radical (unpaired) electrons. The van der Waals surface area contributed by atoms with Gasteiger partial charge < -0.3 is 10.1 Å². The maximum absolute atomic E-state index is 12.4. The Morgan fingerprint density at radius 3 is 2.05 bits per heavy atom. The normalized spacial score (nSPS) is 23.3. The standard InChI is InChI=1S/C14H26N2O3/c1-12(2,3)9-15-10(17)14(7,8)16(9)11(18)19-13(4,5)6/h9H,1-8H3,(H,15,17)/t9-/m0/s1. The van der Waals surface area contributed by atoms with Gasteiger partial charge in [-0.05, 0) is 34.6 Å². The zero-order chi connectivity index (χ0) is 15.2. The topological polar surface area (TPSA) is 58.6 Å². The summed E-state index contributed by atoms with van der Waals surface area (Å²) in [7, 11) is 0. The summed E-state index contributed by atoms with van der Waals surface area (Å²) in [5.74, 6) is -0.154. The van der Waals surface area contributed by atoms with Crippen LogP contribution in [-0.4, -0.2) is 34.2 Å². The third-order valence-electron chi connectivity index (χ3n) is 3.09. The average Bonchev–Trinajstić information content (AvgIpc) is 2.34. The minimum atomic E-state index is -0.902. The highest BCUT2D eigenvalue weighted by Crippen LogP contribution is 2.34. The number of carbonyl (C=O) groups excluding carboxylic acids is 2. The van der Waals surface area contributed by atoms with E-state index in [1.807, 2.05) is 41.5 Å². The first kappa shape index (κ1) is 15.8. The van der Waals surface area contributed by atoms with Crippen LogP contribution in [0.4, 0.5) is 4.79 Å². The fraction of sp³-hybridized carbons (Fsp3) is 0.857. The number of amides is 2. The lowest BCUT2D eigenvalue weighted by Gasteiger charge is -2.39. The molecule has 5 nitrogen and oxygen atoms in total. The number of hydrogen-bond donors (Lipinski definition) is 1. The van der Waals surface area contributed by atoms with Crippen molar-refractivity contribution in [1.29, 1.82) is 0 Å². The van der Waals surface area contributed by atoms with Crippen LogP contribution < -0.4 is 5.32 Å². The molecular weight excluding hydrogens is 244 g/mol. The first-order chi connectivity index (χ1) is 8.27. The van der Waals surface area contributed by atoms with E-state index in [1.165, 1.54) is 4.90 Å². The molecule has 1 aliphatic rings. The zero-order valence-corrected chi connectivity index (χ0v) is 13.2. The van der Waals surface area contributed by atoms with Crippen LogP contribution in [0.15, 0.2) is 0 Å². The van der Waals surface area contributed by atoms with Crippen molar-refractivity contribution in [3.8, 4) is 0 Å². The molecule has 1 N–H and O–H groups in total. The Morgan fingerprint density at radius 1 is 1.21 bits per heavy atom. The largest absolute Gasteiger partial charge is 0.444 e. The molecule has 0 unspecified atom stereocenters. The molecule has 1 saturated heterocycles. The second-order valence-corrected chi connectivity index (χ2v) is 7.65. The van der Waals surface area contributed by atoms with Crippen LogP contribution in [0.3, 0.4) is 0 Å². The quantitative estimate of drug-likeness (QED) is 0.735. The van der Waals surface area contributed by atoms with Crippen LogP contribution in [0.25, 0.3) is 0 Å². The molecule has 110 valence electrons. The molecule has 0 saturated carbocycles. The fourth-order valence-electron chi connectivity index (χ4n) is 2.05. The zero-order valence-electron chi connectivity index (χ0n) is 13.2. The predicted molar refractivity (Wildman–Crippen MR) is 73.5 cm³/mol. The van der Waals surface area contributed by atoms with Crippen molar-refractivity contribution in [2.45, 2.75) is 72.7 Å². The van der Waals surface area contributed by atoms with E-state index >= 15 is 0 Å². The molecule has 1 fully saturated rings. The summed E-state index contributed by atoms with van der Waals surface area (Å²) in [6.07, 6.45) is -0.833. The van der Waals surface area contributed by atoms with Crippen LogP contribution in [0, 0.1) is 5.41 Å². The van der Waals surface area contributed by atoms with Crippen molar-refractivity contribution in [3.63, 3.8) is 0 Å². The maximum atomic E-state index is 12.4. The van der Waals surface area contributed by atoms with Crippen molar-refractivity contribution in [1.82, 2.24) is 10.2 Å². The Bertz CT molecular complexity index is 388. The number of carbonyl (C=O) groups is 2. The van der Waals surface area contributed by atoms with Gasteiger partial charge in [-0.1, -0.05) is 20.8 Å². The summed E-state index contributed by atoms with van der Waals surface area (Å²) in [6, 6.07) is 0. The Morgan fingerprint density at radius 2 is 1.68 bits per heavy atom. The molecule has 2 amide bonds. The number of nitrogens with one attached hydrogen (secondary N) is 1. The van der Waals surface area contributed by atoms with Gasteiger partial charge in [0.05, 0.1) is 0 Å². The number of rotatable bonds is 0. The molecule has 1 atom stereocenters. The SMILES string of the molecule is CC(C)(C)OC(=O)N1[C@@H](C(C)(C)C)NC(=O)C1(C)C. The monoisotopic (exact) mass is 270 g/mol. The van der Waals surface area contributed by atoms with Crippen molar-refractivity contribution >= 4 is 12.0 Å². The third-order valence-corrected chi connectivity index (χ3v) is 3.09.